The van der Waals surface area contributed by atoms with Gasteiger partial charge in [0.25, 0.3) is 0 Å². The molecule has 1 heterocycles. The highest BCUT2D eigenvalue weighted by Crippen LogP contribution is 2.15. The maximum atomic E-state index is 5.57. The number of nitrogen functional groups attached to an aromatic ring is 1. The highest BCUT2D eigenvalue weighted by Gasteiger charge is 2.01. The average molecular weight is 262 g/mol. The van der Waals surface area contributed by atoms with Crippen LogP contribution in [0.15, 0.2) is 10.7 Å². The van der Waals surface area contributed by atoms with Gasteiger partial charge in [-0.25, -0.2) is 0 Å². The Balaban J connectivity index is 2.25. The van der Waals surface area contributed by atoms with Gasteiger partial charge in [-0.15, -0.1) is 0 Å². The second-order valence-electron chi connectivity index (χ2n) is 3.59. The van der Waals surface area contributed by atoms with Gasteiger partial charge in [0.05, 0.1) is 17.6 Å². The molecule has 0 aliphatic carbocycles. The van der Waals surface area contributed by atoms with E-state index in [1.54, 1.807) is 4.68 Å². The van der Waals surface area contributed by atoms with Crippen LogP contribution in [-0.2, 0) is 11.3 Å². The zero-order valence-corrected chi connectivity index (χ0v) is 10.1. The van der Waals surface area contributed by atoms with E-state index in [0.29, 0.717) is 18.3 Å². The van der Waals surface area contributed by atoms with Gasteiger partial charge in [-0.1, -0.05) is 13.8 Å². The molecule has 0 radical (unpaired) electrons. The van der Waals surface area contributed by atoms with E-state index in [1.165, 1.54) is 0 Å². The van der Waals surface area contributed by atoms with Crippen LogP contribution in [-0.4, -0.2) is 23.0 Å². The Morgan fingerprint density at radius 2 is 2.36 bits per heavy atom. The molecule has 4 nitrogen and oxygen atoms in total. The summed E-state index contributed by atoms with van der Waals surface area (Å²) in [5.41, 5.74) is 5.57. The number of nitrogens with zero attached hydrogens (tertiary/aromatic N) is 2. The summed E-state index contributed by atoms with van der Waals surface area (Å²) in [4.78, 5) is 0. The molecule has 5 heteroatoms. The minimum atomic E-state index is 0.522. The summed E-state index contributed by atoms with van der Waals surface area (Å²) in [6, 6.07) is 0. The van der Waals surface area contributed by atoms with Crippen LogP contribution in [0.5, 0.6) is 0 Å². The maximum absolute atomic E-state index is 5.57. The Morgan fingerprint density at radius 1 is 1.64 bits per heavy atom. The first-order valence-corrected chi connectivity index (χ1v) is 5.45. The minimum absolute atomic E-state index is 0.522. The van der Waals surface area contributed by atoms with E-state index >= 15 is 0 Å². The van der Waals surface area contributed by atoms with E-state index in [0.717, 1.165) is 17.6 Å². The van der Waals surface area contributed by atoms with Crippen LogP contribution in [0.2, 0.25) is 0 Å². The van der Waals surface area contributed by atoms with Gasteiger partial charge in [-0.2, -0.15) is 5.10 Å². The molecule has 0 spiro atoms. The molecule has 0 bridgehead atoms. The molecular formula is C9H16BrN3O. The Labute approximate surface area is 92.5 Å². The first-order chi connectivity index (χ1) is 6.59. The van der Waals surface area contributed by atoms with Gasteiger partial charge in [0, 0.05) is 12.8 Å². The normalized spacial score (nSPS) is 11.1. The molecule has 0 aliphatic rings. The fourth-order valence-corrected chi connectivity index (χ4v) is 1.32. The van der Waals surface area contributed by atoms with Crippen LogP contribution in [0.3, 0.4) is 0 Å². The van der Waals surface area contributed by atoms with E-state index in [-0.39, 0.29) is 0 Å². The van der Waals surface area contributed by atoms with Crippen molar-refractivity contribution in [1.82, 2.24) is 9.78 Å². The van der Waals surface area contributed by atoms with Crippen molar-refractivity contribution in [2.45, 2.75) is 20.4 Å². The lowest BCUT2D eigenvalue weighted by atomic mass is 10.2. The molecule has 1 aromatic rings. The van der Waals surface area contributed by atoms with Crippen molar-refractivity contribution in [2.75, 3.05) is 18.9 Å². The SMILES string of the molecule is CC(C)COCCn1cc(Br)c(N)n1. The highest BCUT2D eigenvalue weighted by molar-refractivity contribution is 9.10. The van der Waals surface area contributed by atoms with Crippen LogP contribution in [0.1, 0.15) is 13.8 Å². The molecule has 0 aromatic carbocycles. The molecule has 0 aliphatic heterocycles. The van der Waals surface area contributed by atoms with Crippen molar-refractivity contribution in [3.63, 3.8) is 0 Å². The van der Waals surface area contributed by atoms with Gasteiger partial charge in [0.1, 0.15) is 0 Å². The number of aromatic nitrogens is 2. The number of hydrogen-bond acceptors (Lipinski definition) is 3. The molecule has 14 heavy (non-hydrogen) atoms. The number of rotatable bonds is 5. The van der Waals surface area contributed by atoms with Gasteiger partial charge in [-0.3, -0.25) is 4.68 Å². The van der Waals surface area contributed by atoms with Crippen LogP contribution in [0.4, 0.5) is 5.82 Å². The molecule has 0 saturated heterocycles. The lowest BCUT2D eigenvalue weighted by Gasteiger charge is -2.06. The van der Waals surface area contributed by atoms with Crippen molar-refractivity contribution in [2.24, 2.45) is 5.92 Å². The van der Waals surface area contributed by atoms with Crippen LogP contribution in [0, 0.1) is 5.92 Å². The minimum Gasteiger partial charge on any atom is -0.381 e. The molecule has 0 fully saturated rings. The van der Waals surface area contributed by atoms with Gasteiger partial charge >= 0.3 is 0 Å². The summed E-state index contributed by atoms with van der Waals surface area (Å²) >= 11 is 3.30. The molecule has 0 amide bonds. The Hall–Kier alpha value is -0.550. The summed E-state index contributed by atoms with van der Waals surface area (Å²) < 4.78 is 8.04. The van der Waals surface area contributed by atoms with E-state index in [9.17, 15) is 0 Å². The van der Waals surface area contributed by atoms with E-state index in [1.807, 2.05) is 6.20 Å². The predicted molar refractivity (Wildman–Crippen MR) is 60.0 cm³/mol. The number of ether oxygens (including phenoxy) is 1. The lowest BCUT2D eigenvalue weighted by Crippen LogP contribution is -2.10. The molecule has 0 unspecified atom stereocenters. The van der Waals surface area contributed by atoms with Crippen molar-refractivity contribution >= 4 is 21.7 Å². The zero-order valence-electron chi connectivity index (χ0n) is 8.53. The molecule has 1 rings (SSSR count). The van der Waals surface area contributed by atoms with E-state index in [4.69, 9.17) is 10.5 Å². The second kappa shape index (κ2) is 5.36. The molecule has 0 atom stereocenters. The predicted octanol–water partition coefficient (Wildman–Crippen LogP) is 1.90. The topological polar surface area (TPSA) is 53.1 Å². The Morgan fingerprint density at radius 3 is 2.86 bits per heavy atom. The third kappa shape index (κ3) is 3.67. The van der Waals surface area contributed by atoms with E-state index < -0.39 is 0 Å². The number of anilines is 1. The quantitative estimate of drug-likeness (QED) is 0.824. The first-order valence-electron chi connectivity index (χ1n) is 4.65. The summed E-state index contributed by atoms with van der Waals surface area (Å²) in [6.45, 7) is 6.46. The van der Waals surface area contributed by atoms with Gasteiger partial charge < -0.3 is 10.5 Å². The molecule has 80 valence electrons. The summed E-state index contributed by atoms with van der Waals surface area (Å²) in [6.07, 6.45) is 1.86. The van der Waals surface area contributed by atoms with Crippen molar-refractivity contribution in [3.05, 3.63) is 10.7 Å². The fourth-order valence-electron chi connectivity index (χ4n) is 1.00. The zero-order chi connectivity index (χ0) is 10.6. The first kappa shape index (κ1) is 11.5. The Kier molecular flexibility index (Phi) is 4.41. The van der Waals surface area contributed by atoms with Gasteiger partial charge in [0.15, 0.2) is 5.82 Å². The van der Waals surface area contributed by atoms with Crippen molar-refractivity contribution in [1.29, 1.82) is 0 Å². The third-order valence-corrected chi connectivity index (χ3v) is 2.27. The third-order valence-electron chi connectivity index (χ3n) is 1.66. The largest absolute Gasteiger partial charge is 0.381 e. The van der Waals surface area contributed by atoms with Crippen LogP contribution >= 0.6 is 15.9 Å². The summed E-state index contributed by atoms with van der Waals surface area (Å²) in [5.74, 6) is 1.10. The standard InChI is InChI=1S/C9H16BrN3O/c1-7(2)6-14-4-3-13-5-8(10)9(11)12-13/h5,7H,3-4,6H2,1-2H3,(H2,11,12). The van der Waals surface area contributed by atoms with E-state index in [2.05, 4.69) is 34.9 Å². The fraction of sp³-hybridized carbons (Fsp3) is 0.667. The molecule has 0 saturated carbocycles. The molecular weight excluding hydrogens is 246 g/mol. The molecule has 1 aromatic heterocycles. The smallest absolute Gasteiger partial charge is 0.159 e. The summed E-state index contributed by atoms with van der Waals surface area (Å²) in [5, 5.41) is 4.09. The summed E-state index contributed by atoms with van der Waals surface area (Å²) in [7, 11) is 0. The monoisotopic (exact) mass is 261 g/mol. The number of hydrogen-bond donors (Lipinski definition) is 1. The highest BCUT2D eigenvalue weighted by atomic mass is 79.9. The lowest BCUT2D eigenvalue weighted by molar-refractivity contribution is 0.101. The van der Waals surface area contributed by atoms with Crippen molar-refractivity contribution < 1.29 is 4.74 Å². The van der Waals surface area contributed by atoms with Crippen LogP contribution < -0.4 is 5.73 Å². The number of nitrogens with two attached hydrogens (primary N) is 1. The maximum Gasteiger partial charge on any atom is 0.159 e. The van der Waals surface area contributed by atoms with Crippen LogP contribution in [0.25, 0.3) is 0 Å². The Bertz CT molecular complexity index is 266. The number of halogens is 1. The molecule has 2 N–H and O–H groups in total. The van der Waals surface area contributed by atoms with Gasteiger partial charge in [-0.05, 0) is 21.8 Å². The van der Waals surface area contributed by atoms with Crippen molar-refractivity contribution in [3.8, 4) is 0 Å². The average Bonchev–Trinajstić information content (AvgIpc) is 2.40. The van der Waals surface area contributed by atoms with Gasteiger partial charge in [0.2, 0.25) is 0 Å². The second-order valence-corrected chi connectivity index (χ2v) is 4.45.